The van der Waals surface area contributed by atoms with Gasteiger partial charge >= 0.3 is 12.0 Å². The number of aliphatic carboxylic acids is 1. The van der Waals surface area contributed by atoms with Crippen LogP contribution < -0.4 is 10.6 Å². The molecule has 0 spiro atoms. The summed E-state index contributed by atoms with van der Waals surface area (Å²) in [5.41, 5.74) is 0. The van der Waals surface area contributed by atoms with Crippen molar-refractivity contribution < 1.29 is 14.7 Å². The summed E-state index contributed by atoms with van der Waals surface area (Å²) in [4.78, 5) is 23.4. The Kier molecular flexibility index (Phi) is 5.64. The first-order valence-electron chi connectivity index (χ1n) is 5.85. The van der Waals surface area contributed by atoms with E-state index in [0.717, 1.165) is 4.88 Å². The lowest BCUT2D eigenvalue weighted by molar-refractivity contribution is -0.141. The summed E-state index contributed by atoms with van der Waals surface area (Å²) in [6.07, 6.45) is 0.496. The SMILES string of the molecule is CCC(CNC(=O)NC(C)c1cccs1)C(=O)O. The molecule has 0 radical (unpaired) electrons. The van der Waals surface area contributed by atoms with E-state index < -0.39 is 11.9 Å². The second-order valence-corrected chi connectivity index (χ2v) is 5.01. The number of carboxylic acid groups (broad SMARTS) is 1. The monoisotopic (exact) mass is 270 g/mol. The Morgan fingerprint density at radius 2 is 2.22 bits per heavy atom. The van der Waals surface area contributed by atoms with Gasteiger partial charge in [-0.3, -0.25) is 4.79 Å². The molecule has 0 aliphatic heterocycles. The summed E-state index contributed by atoms with van der Waals surface area (Å²) in [5, 5.41) is 16.1. The number of hydrogen-bond donors (Lipinski definition) is 3. The van der Waals surface area contributed by atoms with Crippen LogP contribution in [0.25, 0.3) is 0 Å². The highest BCUT2D eigenvalue weighted by molar-refractivity contribution is 7.10. The van der Waals surface area contributed by atoms with E-state index >= 15 is 0 Å². The molecule has 1 aromatic rings. The number of carboxylic acids is 1. The number of urea groups is 1. The Labute approximate surface area is 110 Å². The van der Waals surface area contributed by atoms with E-state index in [2.05, 4.69) is 10.6 Å². The highest BCUT2D eigenvalue weighted by atomic mass is 32.1. The predicted octanol–water partition coefficient (Wildman–Crippen LogP) is 2.22. The summed E-state index contributed by atoms with van der Waals surface area (Å²) in [7, 11) is 0. The molecule has 5 nitrogen and oxygen atoms in total. The first-order chi connectivity index (χ1) is 8.54. The molecule has 0 aromatic carbocycles. The zero-order chi connectivity index (χ0) is 13.5. The summed E-state index contributed by atoms with van der Waals surface area (Å²) in [6, 6.07) is 3.46. The minimum Gasteiger partial charge on any atom is -0.481 e. The van der Waals surface area contributed by atoms with Gasteiger partial charge in [0.05, 0.1) is 12.0 Å². The first-order valence-corrected chi connectivity index (χ1v) is 6.73. The fraction of sp³-hybridized carbons (Fsp3) is 0.500. The van der Waals surface area contributed by atoms with Crippen molar-refractivity contribution in [1.82, 2.24) is 10.6 Å². The number of carbonyl (C=O) groups excluding carboxylic acids is 1. The fourth-order valence-electron chi connectivity index (χ4n) is 1.48. The average molecular weight is 270 g/mol. The number of hydrogen-bond acceptors (Lipinski definition) is 3. The molecule has 1 heterocycles. The molecule has 0 aliphatic carbocycles. The third-order valence-corrected chi connectivity index (χ3v) is 3.72. The van der Waals surface area contributed by atoms with Crippen molar-refractivity contribution in [3.63, 3.8) is 0 Å². The second kappa shape index (κ2) is 7.00. The first kappa shape index (κ1) is 14.5. The lowest BCUT2D eigenvalue weighted by Gasteiger charge is -2.15. The van der Waals surface area contributed by atoms with Gasteiger partial charge in [-0.25, -0.2) is 4.79 Å². The standard InChI is InChI=1S/C12H18N2O3S/c1-3-9(11(15)16)7-13-12(17)14-8(2)10-5-4-6-18-10/h4-6,8-9H,3,7H2,1-2H3,(H,15,16)(H2,13,14,17). The molecular formula is C12H18N2O3S. The van der Waals surface area contributed by atoms with Crippen LogP contribution in [0.15, 0.2) is 17.5 Å². The average Bonchev–Trinajstić information content (AvgIpc) is 2.82. The molecule has 0 bridgehead atoms. The van der Waals surface area contributed by atoms with E-state index in [9.17, 15) is 9.59 Å². The lowest BCUT2D eigenvalue weighted by Crippen LogP contribution is -2.40. The van der Waals surface area contributed by atoms with Crippen LogP contribution in [0.2, 0.25) is 0 Å². The van der Waals surface area contributed by atoms with E-state index in [1.807, 2.05) is 24.4 Å². The molecule has 2 atom stereocenters. The van der Waals surface area contributed by atoms with Crippen molar-refractivity contribution in [3.05, 3.63) is 22.4 Å². The molecule has 0 saturated heterocycles. The van der Waals surface area contributed by atoms with Gasteiger partial charge in [-0.15, -0.1) is 11.3 Å². The van der Waals surface area contributed by atoms with E-state index in [1.54, 1.807) is 18.3 Å². The van der Waals surface area contributed by atoms with E-state index in [4.69, 9.17) is 5.11 Å². The number of thiophene rings is 1. The van der Waals surface area contributed by atoms with Gasteiger partial charge < -0.3 is 15.7 Å². The highest BCUT2D eigenvalue weighted by Gasteiger charge is 2.16. The van der Waals surface area contributed by atoms with Crippen molar-refractivity contribution in [3.8, 4) is 0 Å². The zero-order valence-electron chi connectivity index (χ0n) is 10.5. The van der Waals surface area contributed by atoms with Gasteiger partial charge in [0.15, 0.2) is 0 Å². The smallest absolute Gasteiger partial charge is 0.315 e. The van der Waals surface area contributed by atoms with Gasteiger partial charge in [-0.1, -0.05) is 13.0 Å². The summed E-state index contributed by atoms with van der Waals surface area (Å²) in [5.74, 6) is -1.42. The predicted molar refractivity (Wildman–Crippen MR) is 70.7 cm³/mol. The van der Waals surface area contributed by atoms with Crippen LogP contribution in [-0.4, -0.2) is 23.7 Å². The maximum Gasteiger partial charge on any atom is 0.315 e. The summed E-state index contributed by atoms with van der Waals surface area (Å²) in [6.45, 7) is 3.82. The van der Waals surface area contributed by atoms with Crippen molar-refractivity contribution in [2.24, 2.45) is 5.92 Å². The molecule has 2 unspecified atom stereocenters. The van der Waals surface area contributed by atoms with Crippen molar-refractivity contribution >= 4 is 23.3 Å². The van der Waals surface area contributed by atoms with Gasteiger partial charge in [-0.2, -0.15) is 0 Å². The number of nitrogens with one attached hydrogen (secondary N) is 2. The van der Waals surface area contributed by atoms with Crippen LogP contribution in [0.3, 0.4) is 0 Å². The van der Waals surface area contributed by atoms with Crippen LogP contribution >= 0.6 is 11.3 Å². The van der Waals surface area contributed by atoms with Gasteiger partial charge in [0, 0.05) is 11.4 Å². The minimum atomic E-state index is -0.885. The highest BCUT2D eigenvalue weighted by Crippen LogP contribution is 2.17. The second-order valence-electron chi connectivity index (χ2n) is 4.03. The molecule has 100 valence electrons. The molecule has 0 saturated carbocycles. The van der Waals surface area contributed by atoms with Crippen LogP contribution in [0.4, 0.5) is 4.79 Å². The summed E-state index contributed by atoms with van der Waals surface area (Å²) < 4.78 is 0. The van der Waals surface area contributed by atoms with Gasteiger partial charge in [0.2, 0.25) is 0 Å². The Hall–Kier alpha value is -1.56. The molecule has 3 N–H and O–H groups in total. The molecular weight excluding hydrogens is 252 g/mol. The Balaban J connectivity index is 2.35. The van der Waals surface area contributed by atoms with E-state index in [1.165, 1.54) is 0 Å². The van der Waals surface area contributed by atoms with Crippen LogP contribution in [0.1, 0.15) is 31.2 Å². The molecule has 1 aromatic heterocycles. The van der Waals surface area contributed by atoms with Crippen molar-refractivity contribution in [2.45, 2.75) is 26.3 Å². The van der Waals surface area contributed by atoms with E-state index in [0.29, 0.717) is 6.42 Å². The molecule has 18 heavy (non-hydrogen) atoms. The van der Waals surface area contributed by atoms with Crippen LogP contribution in [-0.2, 0) is 4.79 Å². The topological polar surface area (TPSA) is 78.4 Å². The number of rotatable bonds is 6. The largest absolute Gasteiger partial charge is 0.481 e. The molecule has 6 heteroatoms. The number of amides is 2. The third kappa shape index (κ3) is 4.37. The third-order valence-electron chi connectivity index (χ3n) is 2.67. The quantitative estimate of drug-likeness (QED) is 0.741. The Bertz CT molecular complexity index is 392. The van der Waals surface area contributed by atoms with Crippen LogP contribution in [0, 0.1) is 5.92 Å². The van der Waals surface area contributed by atoms with Crippen molar-refractivity contribution in [2.75, 3.05) is 6.54 Å². The molecule has 0 aliphatic rings. The summed E-state index contributed by atoms with van der Waals surface area (Å²) >= 11 is 1.57. The molecule has 0 fully saturated rings. The Morgan fingerprint density at radius 3 is 2.72 bits per heavy atom. The van der Waals surface area contributed by atoms with Gasteiger partial charge in [0.1, 0.15) is 0 Å². The maximum atomic E-state index is 11.6. The van der Waals surface area contributed by atoms with E-state index in [-0.39, 0.29) is 18.6 Å². The van der Waals surface area contributed by atoms with Crippen LogP contribution in [0.5, 0.6) is 0 Å². The van der Waals surface area contributed by atoms with Crippen molar-refractivity contribution in [1.29, 1.82) is 0 Å². The van der Waals surface area contributed by atoms with Gasteiger partial charge in [-0.05, 0) is 24.8 Å². The van der Waals surface area contributed by atoms with Gasteiger partial charge in [0.25, 0.3) is 0 Å². The minimum absolute atomic E-state index is 0.0742. The molecule has 1 rings (SSSR count). The maximum absolute atomic E-state index is 11.6. The fourth-order valence-corrected chi connectivity index (χ4v) is 2.21. The normalized spacial score (nSPS) is 13.7. The zero-order valence-corrected chi connectivity index (χ0v) is 11.3. The lowest BCUT2D eigenvalue weighted by atomic mass is 10.1. The molecule has 2 amide bonds. The number of carbonyl (C=O) groups is 2. The Morgan fingerprint density at radius 1 is 1.50 bits per heavy atom.